The maximum absolute atomic E-state index is 12.3. The first-order valence-corrected chi connectivity index (χ1v) is 8.05. The van der Waals surface area contributed by atoms with E-state index in [4.69, 9.17) is 4.74 Å². The van der Waals surface area contributed by atoms with Crippen molar-refractivity contribution < 1.29 is 9.53 Å². The Labute approximate surface area is 139 Å². The van der Waals surface area contributed by atoms with Gasteiger partial charge in [-0.3, -0.25) is 4.79 Å². The van der Waals surface area contributed by atoms with Crippen molar-refractivity contribution in [2.45, 2.75) is 20.8 Å². The Bertz CT molecular complexity index is 668. The molecule has 0 radical (unpaired) electrons. The van der Waals surface area contributed by atoms with Crippen LogP contribution in [-0.2, 0) is 0 Å². The van der Waals surface area contributed by atoms with Crippen molar-refractivity contribution in [3.05, 3.63) is 58.1 Å². The van der Waals surface area contributed by atoms with Gasteiger partial charge in [-0.1, -0.05) is 26.0 Å². The third-order valence-electron chi connectivity index (χ3n) is 3.04. The number of hydrogen-bond donors (Lipinski definition) is 1. The third kappa shape index (κ3) is 4.60. The molecule has 22 heavy (non-hydrogen) atoms. The van der Waals surface area contributed by atoms with Gasteiger partial charge in [0, 0.05) is 11.3 Å². The number of benzene rings is 2. The normalized spacial score (nSPS) is 10.6. The Kier molecular flexibility index (Phi) is 5.61. The van der Waals surface area contributed by atoms with Crippen molar-refractivity contribution in [3.63, 3.8) is 0 Å². The summed E-state index contributed by atoms with van der Waals surface area (Å²) in [6.45, 7) is 6.83. The number of nitrogens with one attached hydrogen (secondary N) is 1. The van der Waals surface area contributed by atoms with Gasteiger partial charge < -0.3 is 10.1 Å². The van der Waals surface area contributed by atoms with Crippen molar-refractivity contribution >= 4 is 27.5 Å². The molecule has 2 aromatic carbocycles. The molecule has 0 fully saturated rings. The molecule has 0 aromatic heterocycles. The minimum absolute atomic E-state index is 0.137. The standard InChI is InChI=1S/C18H20BrNO2/c1-12(2)11-22-17-8-7-14(10-16(17)19)18(21)20-15-6-4-5-13(3)9-15/h4-10,12H,11H2,1-3H3,(H,20,21). The van der Waals surface area contributed by atoms with Gasteiger partial charge >= 0.3 is 0 Å². The van der Waals surface area contributed by atoms with E-state index in [2.05, 4.69) is 35.1 Å². The fourth-order valence-electron chi connectivity index (χ4n) is 1.94. The van der Waals surface area contributed by atoms with Gasteiger partial charge in [0.25, 0.3) is 5.91 Å². The average molecular weight is 362 g/mol. The van der Waals surface area contributed by atoms with Crippen LogP contribution in [0.1, 0.15) is 29.8 Å². The summed E-state index contributed by atoms with van der Waals surface area (Å²) in [5, 5.41) is 2.90. The van der Waals surface area contributed by atoms with E-state index < -0.39 is 0 Å². The molecule has 2 rings (SSSR count). The molecule has 0 atom stereocenters. The van der Waals surface area contributed by atoms with Crippen LogP contribution in [0, 0.1) is 12.8 Å². The van der Waals surface area contributed by atoms with Crippen LogP contribution in [0.4, 0.5) is 5.69 Å². The van der Waals surface area contributed by atoms with E-state index in [-0.39, 0.29) is 5.91 Å². The minimum Gasteiger partial charge on any atom is -0.492 e. The highest BCUT2D eigenvalue weighted by Gasteiger charge is 2.10. The smallest absolute Gasteiger partial charge is 0.255 e. The Balaban J connectivity index is 2.09. The molecule has 4 heteroatoms. The summed E-state index contributed by atoms with van der Waals surface area (Å²) < 4.78 is 6.47. The van der Waals surface area contributed by atoms with E-state index in [0.29, 0.717) is 18.1 Å². The molecular weight excluding hydrogens is 342 g/mol. The molecule has 116 valence electrons. The lowest BCUT2D eigenvalue weighted by Gasteiger charge is -2.12. The molecule has 0 aliphatic rings. The topological polar surface area (TPSA) is 38.3 Å². The highest BCUT2D eigenvalue weighted by molar-refractivity contribution is 9.10. The SMILES string of the molecule is Cc1cccc(NC(=O)c2ccc(OCC(C)C)c(Br)c2)c1. The van der Waals surface area contributed by atoms with Gasteiger partial charge in [-0.25, -0.2) is 0 Å². The van der Waals surface area contributed by atoms with Crippen LogP contribution in [0.5, 0.6) is 5.75 Å². The van der Waals surface area contributed by atoms with Crippen LogP contribution in [-0.4, -0.2) is 12.5 Å². The van der Waals surface area contributed by atoms with Gasteiger partial charge in [-0.15, -0.1) is 0 Å². The molecule has 0 aliphatic heterocycles. The average Bonchev–Trinajstić information content (AvgIpc) is 2.45. The largest absolute Gasteiger partial charge is 0.492 e. The second-order valence-corrected chi connectivity index (χ2v) is 6.53. The van der Waals surface area contributed by atoms with Gasteiger partial charge in [0.1, 0.15) is 5.75 Å². The first-order valence-electron chi connectivity index (χ1n) is 7.26. The van der Waals surface area contributed by atoms with Gasteiger partial charge in [-0.2, -0.15) is 0 Å². The molecule has 1 amide bonds. The molecule has 2 aromatic rings. The number of carbonyl (C=O) groups is 1. The first kappa shape index (κ1) is 16.6. The molecule has 0 bridgehead atoms. The maximum Gasteiger partial charge on any atom is 0.255 e. The maximum atomic E-state index is 12.3. The van der Waals surface area contributed by atoms with E-state index in [1.807, 2.05) is 37.3 Å². The molecule has 3 nitrogen and oxygen atoms in total. The third-order valence-corrected chi connectivity index (χ3v) is 3.66. The Morgan fingerprint density at radius 3 is 2.64 bits per heavy atom. The van der Waals surface area contributed by atoms with Crippen LogP contribution in [0.2, 0.25) is 0 Å². The monoisotopic (exact) mass is 361 g/mol. The van der Waals surface area contributed by atoms with Crippen LogP contribution in [0.25, 0.3) is 0 Å². The molecular formula is C18H20BrNO2. The molecule has 0 unspecified atom stereocenters. The number of ether oxygens (including phenoxy) is 1. The van der Waals surface area contributed by atoms with Gasteiger partial charge in [0.15, 0.2) is 0 Å². The predicted octanol–water partition coefficient (Wildman–Crippen LogP) is 5.04. The molecule has 0 heterocycles. The fraction of sp³-hybridized carbons (Fsp3) is 0.278. The molecule has 0 spiro atoms. The molecule has 0 saturated heterocycles. The zero-order valence-electron chi connectivity index (χ0n) is 13.0. The molecule has 1 N–H and O–H groups in total. The van der Waals surface area contributed by atoms with Crippen LogP contribution in [0.3, 0.4) is 0 Å². The van der Waals surface area contributed by atoms with Gasteiger partial charge in [0.2, 0.25) is 0 Å². The van der Waals surface area contributed by atoms with Crippen LogP contribution in [0.15, 0.2) is 46.9 Å². The van der Waals surface area contributed by atoms with Crippen molar-refractivity contribution in [2.75, 3.05) is 11.9 Å². The molecule has 0 saturated carbocycles. The highest BCUT2D eigenvalue weighted by Crippen LogP contribution is 2.27. The second-order valence-electron chi connectivity index (χ2n) is 5.67. The summed E-state index contributed by atoms with van der Waals surface area (Å²) in [6, 6.07) is 13.1. The summed E-state index contributed by atoms with van der Waals surface area (Å²) in [7, 11) is 0. The number of hydrogen-bond acceptors (Lipinski definition) is 2. The lowest BCUT2D eigenvalue weighted by Crippen LogP contribution is -2.12. The number of amides is 1. The molecule has 0 aliphatic carbocycles. The van der Waals surface area contributed by atoms with Crippen LogP contribution < -0.4 is 10.1 Å². The summed E-state index contributed by atoms with van der Waals surface area (Å²) in [5.74, 6) is 1.07. The van der Waals surface area contributed by atoms with Crippen molar-refractivity contribution in [2.24, 2.45) is 5.92 Å². The van der Waals surface area contributed by atoms with E-state index >= 15 is 0 Å². The minimum atomic E-state index is -0.137. The van der Waals surface area contributed by atoms with Crippen LogP contribution >= 0.6 is 15.9 Å². The van der Waals surface area contributed by atoms with E-state index in [0.717, 1.165) is 21.5 Å². The fourth-order valence-corrected chi connectivity index (χ4v) is 2.43. The second kappa shape index (κ2) is 7.45. The summed E-state index contributed by atoms with van der Waals surface area (Å²) in [6.07, 6.45) is 0. The number of anilines is 1. The van der Waals surface area contributed by atoms with Crippen molar-refractivity contribution in [1.82, 2.24) is 0 Å². The van der Waals surface area contributed by atoms with E-state index in [9.17, 15) is 4.79 Å². The number of halogens is 1. The lowest BCUT2D eigenvalue weighted by atomic mass is 10.2. The first-order chi connectivity index (χ1) is 10.5. The zero-order valence-corrected chi connectivity index (χ0v) is 14.6. The lowest BCUT2D eigenvalue weighted by molar-refractivity contribution is 0.102. The Hall–Kier alpha value is -1.81. The summed E-state index contributed by atoms with van der Waals surface area (Å²) in [5.41, 5.74) is 2.49. The summed E-state index contributed by atoms with van der Waals surface area (Å²) in [4.78, 5) is 12.3. The van der Waals surface area contributed by atoms with Crippen molar-refractivity contribution in [1.29, 1.82) is 0 Å². The van der Waals surface area contributed by atoms with E-state index in [1.165, 1.54) is 0 Å². The highest BCUT2D eigenvalue weighted by atomic mass is 79.9. The quantitative estimate of drug-likeness (QED) is 0.809. The number of rotatable bonds is 5. The van der Waals surface area contributed by atoms with Gasteiger partial charge in [-0.05, 0) is 64.7 Å². The number of aryl methyl sites for hydroxylation is 1. The Morgan fingerprint density at radius 2 is 2.00 bits per heavy atom. The van der Waals surface area contributed by atoms with Gasteiger partial charge in [0.05, 0.1) is 11.1 Å². The number of carbonyl (C=O) groups excluding carboxylic acids is 1. The van der Waals surface area contributed by atoms with Crippen molar-refractivity contribution in [3.8, 4) is 5.75 Å². The Morgan fingerprint density at radius 1 is 1.23 bits per heavy atom. The van der Waals surface area contributed by atoms with E-state index in [1.54, 1.807) is 12.1 Å². The predicted molar refractivity (Wildman–Crippen MR) is 93.6 cm³/mol. The summed E-state index contributed by atoms with van der Waals surface area (Å²) >= 11 is 3.46. The zero-order chi connectivity index (χ0) is 16.1.